The predicted octanol–water partition coefficient (Wildman–Crippen LogP) is 4.46. The van der Waals surface area contributed by atoms with Crippen molar-refractivity contribution < 1.29 is 9.59 Å². The number of fused-ring (bicyclic) bond motifs is 2. The molecule has 1 fully saturated rings. The highest BCUT2D eigenvalue weighted by Crippen LogP contribution is 2.34. The second-order valence-electron chi connectivity index (χ2n) is 7.50. The Balaban J connectivity index is 0.000000158. The van der Waals surface area contributed by atoms with Gasteiger partial charge in [0.05, 0.1) is 22.5 Å². The minimum Gasteiger partial charge on any atom is -0.397 e. The molecule has 30 heavy (non-hydrogen) atoms. The van der Waals surface area contributed by atoms with Gasteiger partial charge in [-0.3, -0.25) is 9.59 Å². The molecule has 0 radical (unpaired) electrons. The van der Waals surface area contributed by atoms with Gasteiger partial charge in [-0.1, -0.05) is 55.1 Å². The van der Waals surface area contributed by atoms with Crippen LogP contribution in [0, 0.1) is 0 Å². The molecule has 1 heterocycles. The van der Waals surface area contributed by atoms with Gasteiger partial charge >= 0.3 is 0 Å². The first-order valence-electron chi connectivity index (χ1n) is 10.1. The molecule has 0 saturated heterocycles. The predicted molar refractivity (Wildman–Crippen MR) is 118 cm³/mol. The molecule has 3 N–H and O–H groups in total. The molecular weight excluding hydrogens is 400 g/mol. The van der Waals surface area contributed by atoms with Crippen LogP contribution in [0.3, 0.4) is 0 Å². The quantitative estimate of drug-likeness (QED) is 0.465. The summed E-state index contributed by atoms with van der Waals surface area (Å²) in [6, 6.07) is 12.4. The number of hydrogen-bond acceptors (Lipinski definition) is 5. The lowest BCUT2D eigenvalue weighted by atomic mass is 9.83. The molecule has 1 aromatic heterocycles. The van der Waals surface area contributed by atoms with Gasteiger partial charge in [-0.05, 0) is 31.0 Å². The van der Waals surface area contributed by atoms with Crippen molar-refractivity contribution >= 4 is 28.9 Å². The van der Waals surface area contributed by atoms with Crippen molar-refractivity contribution in [3.05, 3.63) is 82.1 Å². The van der Waals surface area contributed by atoms with E-state index >= 15 is 0 Å². The average Bonchev–Trinajstić information content (AvgIpc) is 3.28. The normalized spacial score (nSPS) is 15.6. The zero-order valence-electron chi connectivity index (χ0n) is 16.5. The number of ketones is 2. The monoisotopic (exact) mass is 422 g/mol. The van der Waals surface area contributed by atoms with Gasteiger partial charge in [0.15, 0.2) is 11.6 Å². The van der Waals surface area contributed by atoms with Gasteiger partial charge in [0.25, 0.3) is 0 Å². The zero-order valence-corrected chi connectivity index (χ0v) is 17.2. The Morgan fingerprint density at radius 1 is 0.933 bits per heavy atom. The van der Waals surface area contributed by atoms with Crippen molar-refractivity contribution in [2.75, 3.05) is 11.2 Å². The molecule has 0 atom stereocenters. The summed E-state index contributed by atoms with van der Waals surface area (Å²) in [6.07, 6.45) is 10.5. The molecule has 3 aromatic rings. The lowest BCUT2D eigenvalue weighted by Gasteiger charge is -2.23. The molecule has 2 aliphatic rings. The molecule has 0 spiro atoms. The Bertz CT molecular complexity index is 1070. The van der Waals surface area contributed by atoms with Crippen LogP contribution in [0.2, 0.25) is 5.02 Å². The number of carbonyl (C=O) groups excluding carboxylic acids is 2. The molecule has 0 amide bonds. The van der Waals surface area contributed by atoms with Gasteiger partial charge in [0.2, 0.25) is 0 Å². The molecule has 2 aliphatic carbocycles. The summed E-state index contributed by atoms with van der Waals surface area (Å²) in [5.41, 5.74) is 10.7. The van der Waals surface area contributed by atoms with E-state index in [0.717, 1.165) is 0 Å². The van der Waals surface area contributed by atoms with Gasteiger partial charge in [-0.2, -0.15) is 9.89 Å². The van der Waals surface area contributed by atoms with E-state index in [4.69, 9.17) is 17.3 Å². The van der Waals surface area contributed by atoms with Gasteiger partial charge in [0, 0.05) is 28.9 Å². The number of nitrogens with zero attached hydrogens (tertiary/aromatic N) is 2. The Morgan fingerprint density at radius 2 is 1.63 bits per heavy atom. The second kappa shape index (κ2) is 8.71. The van der Waals surface area contributed by atoms with Crippen LogP contribution in [0.25, 0.3) is 0 Å². The Hall–Kier alpha value is -3.12. The highest BCUT2D eigenvalue weighted by Gasteiger charge is 2.31. The second-order valence-corrected chi connectivity index (χ2v) is 7.91. The van der Waals surface area contributed by atoms with E-state index in [0.29, 0.717) is 22.7 Å². The van der Waals surface area contributed by atoms with Crippen molar-refractivity contribution in [1.29, 1.82) is 0 Å². The first kappa shape index (κ1) is 20.2. The summed E-state index contributed by atoms with van der Waals surface area (Å²) >= 11 is 5.90. The van der Waals surface area contributed by atoms with E-state index in [1.54, 1.807) is 36.5 Å². The Labute approximate surface area is 180 Å². The standard InChI is InChI=1S/C14H8ClNO2.C9H15N3/c15-10-6-5-9-11(12(10)16)14(18)8-4-2-1-3-7(8)13(9)17;1-2-5-9(6-3-1)11-12-8-4-7-10-12/h1-6H,16H2;4,7-9,11H,1-3,5-6H2. The number of anilines is 1. The van der Waals surface area contributed by atoms with Gasteiger partial charge in [0.1, 0.15) is 0 Å². The minimum absolute atomic E-state index is 0.169. The third kappa shape index (κ3) is 3.96. The Kier molecular flexibility index (Phi) is 5.86. The molecule has 0 unspecified atom stereocenters. The van der Waals surface area contributed by atoms with Crippen LogP contribution in [0.1, 0.15) is 63.9 Å². The fourth-order valence-corrected chi connectivity index (χ4v) is 4.11. The van der Waals surface area contributed by atoms with Gasteiger partial charge in [-0.25, -0.2) is 0 Å². The lowest BCUT2D eigenvalue weighted by molar-refractivity contribution is 0.0979. The van der Waals surface area contributed by atoms with E-state index < -0.39 is 0 Å². The van der Waals surface area contributed by atoms with E-state index in [1.165, 1.54) is 38.2 Å². The van der Waals surface area contributed by atoms with E-state index in [2.05, 4.69) is 10.5 Å². The van der Waals surface area contributed by atoms with Crippen molar-refractivity contribution in [1.82, 2.24) is 9.89 Å². The third-order valence-electron chi connectivity index (χ3n) is 5.50. The number of hydrogen-bond donors (Lipinski definition) is 2. The van der Waals surface area contributed by atoms with Crippen molar-refractivity contribution in [2.45, 2.75) is 38.1 Å². The summed E-state index contributed by atoms with van der Waals surface area (Å²) in [5, 5.41) is 4.40. The van der Waals surface area contributed by atoms with E-state index in [-0.39, 0.29) is 27.8 Å². The number of carbonyl (C=O) groups is 2. The summed E-state index contributed by atoms with van der Waals surface area (Å²) in [6.45, 7) is 0. The zero-order chi connectivity index (χ0) is 21.1. The van der Waals surface area contributed by atoms with Crippen LogP contribution in [0.5, 0.6) is 0 Å². The maximum atomic E-state index is 12.3. The topological polar surface area (TPSA) is 90.0 Å². The number of nitrogens with one attached hydrogen (secondary N) is 1. The summed E-state index contributed by atoms with van der Waals surface area (Å²) in [4.78, 5) is 26.4. The van der Waals surface area contributed by atoms with Crippen molar-refractivity contribution in [2.24, 2.45) is 0 Å². The number of benzene rings is 2. The fraction of sp³-hybridized carbons (Fsp3) is 0.261. The highest BCUT2D eigenvalue weighted by atomic mass is 35.5. The van der Waals surface area contributed by atoms with Crippen LogP contribution in [-0.4, -0.2) is 27.5 Å². The molecular formula is C23H23ClN4O2. The SMILES string of the molecule is Nc1c(Cl)ccc2c1C(=O)c1ccccc1C2=O.c1cnn(NC2CCCCC2)c1. The summed E-state index contributed by atoms with van der Waals surface area (Å²) in [5.74, 6) is -0.441. The molecule has 6 nitrogen and oxygen atoms in total. The molecule has 0 bridgehead atoms. The van der Waals surface area contributed by atoms with E-state index in [9.17, 15) is 9.59 Å². The first-order chi connectivity index (χ1) is 14.6. The average molecular weight is 423 g/mol. The van der Waals surface area contributed by atoms with Crippen LogP contribution < -0.4 is 11.2 Å². The van der Waals surface area contributed by atoms with Gasteiger partial charge < -0.3 is 11.2 Å². The smallest absolute Gasteiger partial charge is 0.196 e. The number of nitrogens with two attached hydrogens (primary N) is 1. The van der Waals surface area contributed by atoms with Crippen molar-refractivity contribution in [3.63, 3.8) is 0 Å². The molecule has 154 valence electrons. The summed E-state index contributed by atoms with van der Waals surface area (Å²) in [7, 11) is 0. The number of aromatic nitrogens is 2. The molecule has 7 heteroatoms. The minimum atomic E-state index is -0.250. The van der Waals surface area contributed by atoms with Crippen LogP contribution >= 0.6 is 11.6 Å². The summed E-state index contributed by atoms with van der Waals surface area (Å²) < 4.78 is 0. The number of nitrogen functional groups attached to an aromatic ring is 1. The molecule has 2 aromatic carbocycles. The largest absolute Gasteiger partial charge is 0.397 e. The molecule has 0 aliphatic heterocycles. The lowest BCUT2D eigenvalue weighted by Crippen LogP contribution is -2.29. The Morgan fingerprint density at radius 3 is 2.30 bits per heavy atom. The van der Waals surface area contributed by atoms with E-state index in [1.807, 2.05) is 17.1 Å². The van der Waals surface area contributed by atoms with Crippen LogP contribution in [-0.2, 0) is 0 Å². The maximum Gasteiger partial charge on any atom is 0.196 e. The van der Waals surface area contributed by atoms with Crippen LogP contribution in [0.4, 0.5) is 5.69 Å². The highest BCUT2D eigenvalue weighted by molar-refractivity contribution is 6.37. The molecule has 5 rings (SSSR count). The van der Waals surface area contributed by atoms with Crippen LogP contribution in [0.15, 0.2) is 54.9 Å². The molecule has 1 saturated carbocycles. The first-order valence-corrected chi connectivity index (χ1v) is 10.5. The van der Waals surface area contributed by atoms with Crippen molar-refractivity contribution in [3.8, 4) is 0 Å². The maximum absolute atomic E-state index is 12.3. The third-order valence-corrected chi connectivity index (χ3v) is 5.83. The van der Waals surface area contributed by atoms with Gasteiger partial charge in [-0.15, -0.1) is 0 Å². The fourth-order valence-electron chi connectivity index (χ4n) is 3.95. The number of rotatable bonds is 2. The number of halogens is 1.